The minimum Gasteiger partial charge on any atom is -0.465 e. The molecule has 3 amide bonds. The predicted molar refractivity (Wildman–Crippen MR) is 138 cm³/mol. The number of hydrogen-bond acceptors (Lipinski definition) is 4. The summed E-state index contributed by atoms with van der Waals surface area (Å²) in [7, 11) is 1.93. The largest absolute Gasteiger partial charge is 0.465 e. The van der Waals surface area contributed by atoms with E-state index in [0.29, 0.717) is 17.5 Å². The summed E-state index contributed by atoms with van der Waals surface area (Å²) >= 11 is 6.31. The predicted octanol–water partition coefficient (Wildman–Crippen LogP) is 4.56. The fourth-order valence-electron chi connectivity index (χ4n) is 5.54. The average molecular weight is 509 g/mol. The van der Waals surface area contributed by atoms with E-state index in [0.717, 1.165) is 43.5 Å². The third kappa shape index (κ3) is 8.54. The number of rotatable bonds is 11. The van der Waals surface area contributed by atoms with Crippen molar-refractivity contribution in [3.63, 3.8) is 0 Å². The van der Waals surface area contributed by atoms with E-state index in [1.165, 1.54) is 25.7 Å². The number of aryl methyl sites for hydroxylation is 1. The van der Waals surface area contributed by atoms with E-state index in [4.69, 9.17) is 21.4 Å². The van der Waals surface area contributed by atoms with Crippen LogP contribution in [-0.4, -0.2) is 68.0 Å². The van der Waals surface area contributed by atoms with Crippen LogP contribution in [0, 0.1) is 18.8 Å². The first kappa shape index (κ1) is 27.6. The second kappa shape index (κ2) is 13.9. The van der Waals surface area contributed by atoms with Gasteiger partial charge in [-0.25, -0.2) is 9.59 Å². The molecule has 3 rings (SSSR count). The number of benzene rings is 1. The van der Waals surface area contributed by atoms with E-state index >= 15 is 0 Å². The molecule has 0 bridgehead atoms. The molecule has 8 nitrogen and oxygen atoms in total. The zero-order valence-electron chi connectivity index (χ0n) is 21.0. The Balaban J connectivity index is 1.67. The molecule has 0 radical (unpaired) electrons. The number of amides is 3. The molecule has 1 saturated carbocycles. The Labute approximate surface area is 214 Å². The molecule has 1 heterocycles. The van der Waals surface area contributed by atoms with Gasteiger partial charge < -0.3 is 30.7 Å². The maximum Gasteiger partial charge on any atom is 0.404 e. The van der Waals surface area contributed by atoms with Crippen molar-refractivity contribution >= 4 is 23.7 Å². The summed E-state index contributed by atoms with van der Waals surface area (Å²) in [5.41, 5.74) is 2.06. The van der Waals surface area contributed by atoms with Crippen LogP contribution in [0.15, 0.2) is 18.2 Å². The molecule has 1 aliphatic carbocycles. The zero-order chi connectivity index (χ0) is 25.2. The first-order valence-electron chi connectivity index (χ1n) is 12.9. The lowest BCUT2D eigenvalue weighted by atomic mass is 9.86. The number of likely N-dealkylation sites (N-methyl/N-ethyl adjacent to an activating group) is 1. The highest BCUT2D eigenvalue weighted by atomic mass is 35.5. The topological polar surface area (TPSA) is 103 Å². The van der Waals surface area contributed by atoms with Gasteiger partial charge >= 0.3 is 12.1 Å². The van der Waals surface area contributed by atoms with Crippen molar-refractivity contribution in [1.29, 1.82) is 0 Å². The first-order chi connectivity index (χ1) is 16.9. The van der Waals surface area contributed by atoms with Gasteiger partial charge in [-0.2, -0.15) is 0 Å². The molecule has 0 aromatic heterocycles. The molecule has 1 aromatic carbocycles. The number of hydrogen-bond donors (Lipinski definition) is 4. The van der Waals surface area contributed by atoms with E-state index < -0.39 is 6.09 Å². The third-order valence-electron chi connectivity index (χ3n) is 7.27. The van der Waals surface area contributed by atoms with Crippen molar-refractivity contribution in [1.82, 2.24) is 20.9 Å². The van der Waals surface area contributed by atoms with Gasteiger partial charge in [0.05, 0.1) is 12.7 Å². The molecule has 2 fully saturated rings. The van der Waals surface area contributed by atoms with Crippen LogP contribution in [0.4, 0.5) is 9.59 Å². The Bertz CT molecular complexity index is 834. The molecule has 1 aromatic rings. The number of likely N-dealkylation sites (tertiary alicyclic amines) is 1. The second-order valence-corrected chi connectivity index (χ2v) is 10.4. The maximum atomic E-state index is 13.3. The number of nitrogens with zero attached hydrogens (tertiary/aromatic N) is 1. The average Bonchev–Trinajstić information content (AvgIpc) is 3.34. The van der Waals surface area contributed by atoms with Crippen molar-refractivity contribution in [3.8, 4) is 0 Å². The fraction of sp³-hybridized carbons (Fsp3) is 0.692. The quantitative estimate of drug-likeness (QED) is 0.328. The van der Waals surface area contributed by atoms with Crippen LogP contribution < -0.4 is 16.0 Å². The summed E-state index contributed by atoms with van der Waals surface area (Å²) in [5.74, 6) is 0.792. The van der Waals surface area contributed by atoms with E-state index in [-0.39, 0.29) is 37.2 Å². The number of carbonyl (C=O) groups excluding carboxylic acids is 1. The summed E-state index contributed by atoms with van der Waals surface area (Å²) in [6, 6.07) is 5.87. The van der Waals surface area contributed by atoms with Gasteiger partial charge in [-0.15, -0.1) is 0 Å². The number of nitrogens with one attached hydrogen (secondary N) is 3. The van der Waals surface area contributed by atoms with Crippen LogP contribution in [0.25, 0.3) is 0 Å². The Hall–Kier alpha value is -2.03. The van der Waals surface area contributed by atoms with E-state index in [2.05, 4.69) is 16.0 Å². The van der Waals surface area contributed by atoms with Crippen LogP contribution in [0.3, 0.4) is 0 Å². The number of carboxylic acid groups (broad SMARTS) is 1. The lowest BCUT2D eigenvalue weighted by Gasteiger charge is -2.38. The lowest BCUT2D eigenvalue weighted by Crippen LogP contribution is -2.51. The van der Waals surface area contributed by atoms with Crippen molar-refractivity contribution in [2.45, 2.75) is 64.0 Å². The van der Waals surface area contributed by atoms with Crippen LogP contribution in [0.5, 0.6) is 0 Å². The Kier molecular flexibility index (Phi) is 10.9. The van der Waals surface area contributed by atoms with E-state index in [1.54, 1.807) is 0 Å². The molecular formula is C26H41ClN4O4. The highest BCUT2D eigenvalue weighted by Gasteiger charge is 2.33. The number of halogens is 1. The van der Waals surface area contributed by atoms with Crippen LogP contribution in [-0.2, 0) is 4.74 Å². The minimum absolute atomic E-state index is 0.0120. The first-order valence-corrected chi connectivity index (χ1v) is 13.3. The van der Waals surface area contributed by atoms with Crippen LogP contribution >= 0.6 is 11.6 Å². The molecule has 35 heavy (non-hydrogen) atoms. The van der Waals surface area contributed by atoms with Crippen LogP contribution in [0.1, 0.15) is 62.2 Å². The standard InChI is InChI=1S/C26H41ClN4O4/c1-18-9-10-21(27)15-23(18)24(35-13-11-29-26(33)34)20-8-5-12-31(17-20)25(32)30-22(16-28-2)14-19-6-3-4-7-19/h9-10,15,19-20,22,24,28-29H,3-8,11-14,16-17H2,1-2H3,(H,30,32)(H,33,34)/t20-,22+,24?/m1/s1. The number of urea groups is 1. The molecule has 2 aliphatic rings. The minimum atomic E-state index is -1.07. The van der Waals surface area contributed by atoms with Gasteiger partial charge in [0.1, 0.15) is 0 Å². The monoisotopic (exact) mass is 508 g/mol. The van der Waals surface area contributed by atoms with Crippen molar-refractivity contribution in [2.24, 2.45) is 11.8 Å². The molecule has 4 N–H and O–H groups in total. The van der Waals surface area contributed by atoms with Gasteiger partial charge in [-0.1, -0.05) is 43.4 Å². The van der Waals surface area contributed by atoms with Gasteiger partial charge in [0, 0.05) is 43.2 Å². The van der Waals surface area contributed by atoms with Gasteiger partial charge in [-0.3, -0.25) is 0 Å². The Morgan fingerprint density at radius 2 is 2.00 bits per heavy atom. The molecule has 196 valence electrons. The summed E-state index contributed by atoms with van der Waals surface area (Å²) in [6.45, 7) is 4.55. The van der Waals surface area contributed by atoms with E-state index in [1.807, 2.05) is 37.1 Å². The molecule has 1 unspecified atom stereocenters. The fourth-order valence-corrected chi connectivity index (χ4v) is 5.72. The third-order valence-corrected chi connectivity index (χ3v) is 7.50. The Morgan fingerprint density at radius 1 is 1.23 bits per heavy atom. The molecule has 3 atom stereocenters. The van der Waals surface area contributed by atoms with E-state index in [9.17, 15) is 9.59 Å². The molecule has 9 heteroatoms. The summed E-state index contributed by atoms with van der Waals surface area (Å²) < 4.78 is 6.24. The van der Waals surface area contributed by atoms with Gasteiger partial charge in [0.25, 0.3) is 0 Å². The maximum absolute atomic E-state index is 13.3. The number of carbonyl (C=O) groups is 2. The highest BCUT2D eigenvalue weighted by Crippen LogP contribution is 2.36. The van der Waals surface area contributed by atoms with Crippen molar-refractivity contribution in [2.75, 3.05) is 39.8 Å². The normalized spacial score (nSPS) is 20.4. The summed E-state index contributed by atoms with van der Waals surface area (Å²) in [6.07, 6.45) is 6.61. The van der Waals surface area contributed by atoms with Crippen molar-refractivity contribution < 1.29 is 19.4 Å². The molecular weight excluding hydrogens is 468 g/mol. The highest BCUT2D eigenvalue weighted by molar-refractivity contribution is 6.30. The van der Waals surface area contributed by atoms with Gasteiger partial charge in [0.2, 0.25) is 0 Å². The molecule has 1 saturated heterocycles. The van der Waals surface area contributed by atoms with Crippen LogP contribution in [0.2, 0.25) is 5.02 Å². The Morgan fingerprint density at radius 3 is 2.71 bits per heavy atom. The smallest absolute Gasteiger partial charge is 0.404 e. The second-order valence-electron chi connectivity index (χ2n) is 9.96. The number of piperidine rings is 1. The van der Waals surface area contributed by atoms with Gasteiger partial charge in [0.15, 0.2) is 0 Å². The zero-order valence-corrected chi connectivity index (χ0v) is 21.8. The summed E-state index contributed by atoms with van der Waals surface area (Å²) in [5, 5.41) is 18.4. The molecule has 0 spiro atoms. The lowest BCUT2D eigenvalue weighted by molar-refractivity contribution is -0.00884. The van der Waals surface area contributed by atoms with Crippen molar-refractivity contribution in [3.05, 3.63) is 34.3 Å². The molecule has 1 aliphatic heterocycles. The SMILES string of the molecule is CNC[C@H](CC1CCCC1)NC(=O)N1CCC[C@@H](C(OCCNC(=O)O)c2cc(Cl)ccc2C)C1. The summed E-state index contributed by atoms with van der Waals surface area (Å²) in [4.78, 5) is 26.0. The van der Waals surface area contributed by atoms with Gasteiger partial charge in [-0.05, 0) is 62.4 Å². The number of ether oxygens (including phenoxy) is 1.